The molecule has 8 nitrogen and oxygen atoms in total. The number of aromatic nitrogens is 2. The van der Waals surface area contributed by atoms with E-state index in [9.17, 15) is 14.4 Å². The van der Waals surface area contributed by atoms with Gasteiger partial charge >= 0.3 is 0 Å². The number of amides is 1. The molecule has 240 valence electrons. The first kappa shape index (κ1) is 31.7. The van der Waals surface area contributed by atoms with Crippen molar-refractivity contribution in [1.29, 1.82) is 5.26 Å². The lowest BCUT2D eigenvalue weighted by atomic mass is 9.96. The third-order valence-electron chi connectivity index (χ3n) is 8.52. The first-order chi connectivity index (χ1) is 22.7. The Bertz CT molecular complexity index is 1920. The number of carbonyl (C=O) groups excluding carboxylic acids is 1. The Morgan fingerprint density at radius 1 is 1.04 bits per heavy atom. The van der Waals surface area contributed by atoms with E-state index in [1.807, 2.05) is 44.2 Å². The fraction of sp³-hybridized carbons (Fsp3) is 0.316. The molecule has 9 heteroatoms. The van der Waals surface area contributed by atoms with Gasteiger partial charge in [-0.25, -0.2) is 14.4 Å². The van der Waals surface area contributed by atoms with Crippen molar-refractivity contribution >= 4 is 22.8 Å². The van der Waals surface area contributed by atoms with Gasteiger partial charge in [0, 0.05) is 53.6 Å². The molecule has 1 saturated heterocycles. The van der Waals surface area contributed by atoms with E-state index in [1.165, 1.54) is 12.1 Å². The maximum absolute atomic E-state index is 14.0. The van der Waals surface area contributed by atoms with Gasteiger partial charge in [0.1, 0.15) is 22.9 Å². The fourth-order valence-electron chi connectivity index (χ4n) is 5.96. The molecule has 3 heterocycles. The van der Waals surface area contributed by atoms with Crippen molar-refractivity contribution in [1.82, 2.24) is 15.3 Å². The van der Waals surface area contributed by atoms with Crippen LogP contribution in [0, 0.1) is 23.1 Å². The van der Waals surface area contributed by atoms with Crippen LogP contribution >= 0.6 is 0 Å². The monoisotopic (exact) mass is 631 g/mol. The Morgan fingerprint density at radius 2 is 1.79 bits per heavy atom. The Kier molecular flexibility index (Phi) is 9.21. The molecule has 1 amide bonds. The number of anilines is 1. The number of benzene rings is 3. The molecule has 0 radical (unpaired) electrons. The Hall–Kier alpha value is -5.23. The van der Waals surface area contributed by atoms with E-state index >= 15 is 0 Å². The van der Waals surface area contributed by atoms with Crippen LogP contribution in [-0.2, 0) is 0 Å². The van der Waals surface area contributed by atoms with E-state index in [2.05, 4.69) is 40.1 Å². The Labute approximate surface area is 274 Å². The highest BCUT2D eigenvalue weighted by Gasteiger charge is 2.22. The minimum Gasteiger partial charge on any atom is -0.490 e. The van der Waals surface area contributed by atoms with Crippen LogP contribution < -0.4 is 15.0 Å². The second kappa shape index (κ2) is 13.6. The number of oxazole rings is 1. The summed E-state index contributed by atoms with van der Waals surface area (Å²) < 4.78 is 26.0. The zero-order valence-electron chi connectivity index (χ0n) is 27.1. The van der Waals surface area contributed by atoms with Crippen LogP contribution in [0.4, 0.5) is 10.2 Å². The van der Waals surface area contributed by atoms with E-state index in [1.54, 1.807) is 30.5 Å². The van der Waals surface area contributed by atoms with Gasteiger partial charge in [0.25, 0.3) is 5.91 Å². The van der Waals surface area contributed by atoms with Crippen LogP contribution in [0.2, 0.25) is 0 Å². The van der Waals surface area contributed by atoms with E-state index in [-0.39, 0.29) is 23.7 Å². The maximum Gasteiger partial charge on any atom is 0.251 e. The Balaban J connectivity index is 1.03. The molecule has 0 saturated carbocycles. The van der Waals surface area contributed by atoms with Crippen LogP contribution in [0.5, 0.6) is 5.75 Å². The van der Waals surface area contributed by atoms with E-state index < -0.39 is 0 Å². The molecule has 0 unspecified atom stereocenters. The van der Waals surface area contributed by atoms with Gasteiger partial charge in [-0.15, -0.1) is 0 Å². The zero-order chi connectivity index (χ0) is 33.1. The number of carbonyl (C=O) groups is 1. The first-order valence-corrected chi connectivity index (χ1v) is 16.1. The predicted octanol–water partition coefficient (Wildman–Crippen LogP) is 8.12. The highest BCUT2D eigenvalue weighted by atomic mass is 19.1. The quantitative estimate of drug-likeness (QED) is 0.175. The minimum absolute atomic E-state index is 0.0243. The summed E-state index contributed by atoms with van der Waals surface area (Å²) in [5, 5.41) is 12.5. The lowest BCUT2D eigenvalue weighted by Crippen LogP contribution is -2.39. The number of hydrogen-bond donors (Lipinski definition) is 1. The summed E-state index contributed by atoms with van der Waals surface area (Å²) in [5.74, 6) is 2.08. The van der Waals surface area contributed by atoms with Gasteiger partial charge in [-0.05, 0) is 105 Å². The molecule has 0 spiro atoms. The second-order valence-corrected chi connectivity index (χ2v) is 12.6. The average molecular weight is 632 g/mol. The lowest BCUT2D eigenvalue weighted by Gasteiger charge is -2.33. The molecule has 0 aliphatic carbocycles. The molecule has 47 heavy (non-hydrogen) atoms. The number of halogens is 1. The first-order valence-electron chi connectivity index (χ1n) is 16.1. The number of fused-ring (bicyclic) bond motifs is 1. The summed E-state index contributed by atoms with van der Waals surface area (Å²) in [6.07, 6.45) is 3.61. The molecule has 0 atom stereocenters. The molecular formula is C38H38FN5O3. The summed E-state index contributed by atoms with van der Waals surface area (Å²) in [6, 6.07) is 21.5. The average Bonchev–Trinajstić information content (AvgIpc) is 3.52. The molecule has 5 aromatic rings. The normalized spacial score (nSPS) is 13.7. The van der Waals surface area contributed by atoms with Gasteiger partial charge in [0.2, 0.25) is 5.89 Å². The minimum atomic E-state index is -0.317. The Morgan fingerprint density at radius 3 is 2.45 bits per heavy atom. The van der Waals surface area contributed by atoms with Gasteiger partial charge in [-0.1, -0.05) is 13.8 Å². The predicted molar refractivity (Wildman–Crippen MR) is 181 cm³/mol. The summed E-state index contributed by atoms with van der Waals surface area (Å²) in [7, 11) is 0. The van der Waals surface area contributed by atoms with Crippen molar-refractivity contribution in [2.75, 3.05) is 24.5 Å². The van der Waals surface area contributed by atoms with Gasteiger partial charge in [0.15, 0.2) is 5.58 Å². The number of nitriles is 1. The summed E-state index contributed by atoms with van der Waals surface area (Å²) in [5.41, 5.74) is 5.66. The van der Waals surface area contributed by atoms with Gasteiger partial charge in [0.05, 0.1) is 17.7 Å². The van der Waals surface area contributed by atoms with Crippen molar-refractivity contribution in [2.24, 2.45) is 5.92 Å². The van der Waals surface area contributed by atoms with Crippen LogP contribution in [0.3, 0.4) is 0 Å². The van der Waals surface area contributed by atoms with Gasteiger partial charge in [-0.3, -0.25) is 4.79 Å². The largest absolute Gasteiger partial charge is 0.490 e. The maximum atomic E-state index is 14.0. The van der Waals surface area contributed by atoms with E-state index in [4.69, 9.17) is 9.15 Å². The molecule has 1 N–H and O–H groups in total. The SMILES string of the molecule is CC(C)Oc1ccc(F)cc1-c1ccc(N2CCC(CNC(=O)c3ccc(-c4nc5cc(C#N)cc(C(C)C)c5o4)cc3)CC2)nc1. The van der Waals surface area contributed by atoms with Crippen molar-refractivity contribution in [3.8, 4) is 34.4 Å². The topological polar surface area (TPSA) is 104 Å². The molecule has 2 aromatic heterocycles. The zero-order valence-corrected chi connectivity index (χ0v) is 27.1. The summed E-state index contributed by atoms with van der Waals surface area (Å²) >= 11 is 0. The molecule has 0 bridgehead atoms. The number of hydrogen-bond acceptors (Lipinski definition) is 7. The van der Waals surface area contributed by atoms with Crippen molar-refractivity contribution in [3.05, 3.63) is 95.4 Å². The van der Waals surface area contributed by atoms with Crippen LogP contribution in [0.1, 0.15) is 67.9 Å². The number of pyridine rings is 1. The fourth-order valence-corrected chi connectivity index (χ4v) is 5.96. The third kappa shape index (κ3) is 7.12. The van der Waals surface area contributed by atoms with E-state index in [0.29, 0.717) is 51.9 Å². The molecule has 6 rings (SSSR count). The van der Waals surface area contributed by atoms with Crippen LogP contribution in [-0.4, -0.2) is 41.6 Å². The summed E-state index contributed by atoms with van der Waals surface area (Å²) in [6.45, 7) is 10.3. The number of piperidine rings is 1. The highest BCUT2D eigenvalue weighted by Crippen LogP contribution is 2.33. The van der Waals surface area contributed by atoms with E-state index in [0.717, 1.165) is 48.4 Å². The molecular weight excluding hydrogens is 593 g/mol. The van der Waals surface area contributed by atoms with Crippen molar-refractivity contribution < 1.29 is 18.3 Å². The third-order valence-corrected chi connectivity index (χ3v) is 8.52. The van der Waals surface area contributed by atoms with Crippen molar-refractivity contribution in [2.45, 2.75) is 52.6 Å². The highest BCUT2D eigenvalue weighted by molar-refractivity contribution is 5.94. The summed E-state index contributed by atoms with van der Waals surface area (Å²) in [4.78, 5) is 24.5. The smallest absolute Gasteiger partial charge is 0.251 e. The standard InChI is InChI=1S/C38H38FN5O3/c1-23(2)31-17-26(20-40)18-33-36(31)47-38(43-33)28-7-5-27(6-8-28)37(45)42-21-25-13-15-44(16-14-25)35-12-9-29(22-41-35)32-19-30(39)10-11-34(32)46-24(3)4/h5-12,17-19,22-25H,13-16,21H2,1-4H3,(H,42,45). The molecule has 1 fully saturated rings. The van der Waals surface area contributed by atoms with Gasteiger partial charge in [-0.2, -0.15) is 5.26 Å². The van der Waals surface area contributed by atoms with Crippen LogP contribution in [0.25, 0.3) is 33.7 Å². The molecule has 3 aromatic carbocycles. The molecule has 1 aliphatic rings. The number of rotatable bonds is 9. The van der Waals surface area contributed by atoms with Gasteiger partial charge < -0.3 is 19.4 Å². The number of ether oxygens (including phenoxy) is 1. The van der Waals surface area contributed by atoms with Crippen molar-refractivity contribution in [3.63, 3.8) is 0 Å². The second-order valence-electron chi connectivity index (χ2n) is 12.6. The molecule has 1 aliphatic heterocycles. The van der Waals surface area contributed by atoms with Crippen LogP contribution in [0.15, 0.2) is 77.3 Å². The lowest BCUT2D eigenvalue weighted by molar-refractivity contribution is 0.0945. The number of nitrogens with one attached hydrogen (secondary N) is 1. The number of nitrogens with zero attached hydrogens (tertiary/aromatic N) is 4.